The molecule has 1 aromatic rings. The van der Waals surface area contributed by atoms with Gasteiger partial charge in [0.1, 0.15) is 19.0 Å². The summed E-state index contributed by atoms with van der Waals surface area (Å²) in [5.41, 5.74) is 6.39. The van der Waals surface area contributed by atoms with E-state index < -0.39 is 12.7 Å². The molecular formula is C14H21FN2O2. The molecular weight excluding hydrogens is 247 g/mol. The van der Waals surface area contributed by atoms with E-state index in [4.69, 9.17) is 10.5 Å². The molecule has 0 aliphatic rings. The molecule has 5 heteroatoms. The second-order valence-corrected chi connectivity index (χ2v) is 4.79. The van der Waals surface area contributed by atoms with Crippen LogP contribution >= 0.6 is 0 Å². The van der Waals surface area contributed by atoms with Crippen molar-refractivity contribution in [2.45, 2.75) is 26.3 Å². The summed E-state index contributed by atoms with van der Waals surface area (Å²) in [7, 11) is 0. The number of alkyl halides is 1. The molecule has 3 N–H and O–H groups in total. The minimum Gasteiger partial charge on any atom is -0.491 e. The van der Waals surface area contributed by atoms with Crippen LogP contribution < -0.4 is 15.8 Å². The molecule has 0 spiro atoms. The lowest BCUT2D eigenvalue weighted by molar-refractivity contribution is -0.117. The summed E-state index contributed by atoms with van der Waals surface area (Å²) in [6, 6.07) is 6.30. The number of amides is 1. The normalized spacial score (nSPS) is 12.3. The number of nitrogens with two attached hydrogens (primary N) is 1. The van der Waals surface area contributed by atoms with Gasteiger partial charge in [-0.1, -0.05) is 19.9 Å². The Labute approximate surface area is 113 Å². The molecule has 0 saturated heterocycles. The van der Waals surface area contributed by atoms with Gasteiger partial charge >= 0.3 is 0 Å². The van der Waals surface area contributed by atoms with Crippen LogP contribution in [0.25, 0.3) is 0 Å². The molecule has 0 aliphatic carbocycles. The maximum atomic E-state index is 12.0. The van der Waals surface area contributed by atoms with E-state index in [-0.39, 0.29) is 12.5 Å². The van der Waals surface area contributed by atoms with Gasteiger partial charge in [0.15, 0.2) is 0 Å². The fourth-order valence-corrected chi connectivity index (χ4v) is 1.67. The smallest absolute Gasteiger partial charge is 0.241 e. The van der Waals surface area contributed by atoms with Crippen molar-refractivity contribution in [2.75, 3.05) is 18.6 Å². The van der Waals surface area contributed by atoms with Crippen molar-refractivity contribution >= 4 is 11.6 Å². The minimum atomic E-state index is -0.546. The first-order chi connectivity index (χ1) is 9.02. The van der Waals surface area contributed by atoms with Gasteiger partial charge in [0.2, 0.25) is 5.91 Å². The molecule has 1 rings (SSSR count). The first-order valence-electron chi connectivity index (χ1n) is 6.38. The van der Waals surface area contributed by atoms with E-state index in [1.165, 1.54) is 0 Å². The van der Waals surface area contributed by atoms with Crippen LogP contribution in [0, 0.1) is 5.92 Å². The number of hydrogen-bond donors (Lipinski definition) is 2. The number of benzene rings is 1. The van der Waals surface area contributed by atoms with E-state index in [2.05, 4.69) is 5.32 Å². The molecule has 0 aliphatic heterocycles. The van der Waals surface area contributed by atoms with Crippen molar-refractivity contribution in [2.24, 2.45) is 11.7 Å². The summed E-state index contributed by atoms with van der Waals surface area (Å²) in [5, 5.41) is 2.73. The molecule has 0 aromatic heterocycles. The predicted octanol–water partition coefficient (Wildman–Crippen LogP) is 2.35. The third-order valence-electron chi connectivity index (χ3n) is 2.51. The number of rotatable bonds is 7. The molecule has 0 heterocycles. The van der Waals surface area contributed by atoms with Crippen LogP contribution in [-0.2, 0) is 4.79 Å². The largest absolute Gasteiger partial charge is 0.491 e. The van der Waals surface area contributed by atoms with Crippen molar-refractivity contribution in [3.63, 3.8) is 0 Å². The number of ether oxygens (including phenoxy) is 1. The van der Waals surface area contributed by atoms with Gasteiger partial charge < -0.3 is 15.8 Å². The van der Waals surface area contributed by atoms with Crippen molar-refractivity contribution in [1.29, 1.82) is 0 Å². The van der Waals surface area contributed by atoms with Crippen molar-refractivity contribution in [3.05, 3.63) is 24.3 Å². The van der Waals surface area contributed by atoms with Gasteiger partial charge in [0, 0.05) is 11.8 Å². The molecule has 0 saturated carbocycles. The predicted molar refractivity (Wildman–Crippen MR) is 74.0 cm³/mol. The SMILES string of the molecule is CC(C)C[C@H](N)C(=O)Nc1cccc(OCCF)c1. The number of carbonyl (C=O) groups excluding carboxylic acids is 1. The highest BCUT2D eigenvalue weighted by atomic mass is 19.1. The number of hydrogen-bond acceptors (Lipinski definition) is 3. The summed E-state index contributed by atoms with van der Waals surface area (Å²) < 4.78 is 17.2. The zero-order valence-electron chi connectivity index (χ0n) is 11.4. The molecule has 4 nitrogen and oxygen atoms in total. The molecule has 0 fully saturated rings. The van der Waals surface area contributed by atoms with Gasteiger partial charge in [0.05, 0.1) is 6.04 Å². The standard InChI is InChI=1S/C14H21FN2O2/c1-10(2)8-13(16)14(18)17-11-4-3-5-12(9-11)19-7-6-15/h3-5,9-10,13H,6-8,16H2,1-2H3,(H,17,18)/t13-/m0/s1. The maximum absolute atomic E-state index is 12.0. The fourth-order valence-electron chi connectivity index (χ4n) is 1.67. The first kappa shape index (κ1) is 15.4. The lowest BCUT2D eigenvalue weighted by atomic mass is 10.0. The van der Waals surface area contributed by atoms with Crippen molar-refractivity contribution < 1.29 is 13.9 Å². The average molecular weight is 268 g/mol. The number of anilines is 1. The van der Waals surface area contributed by atoms with Crippen LogP contribution in [0.4, 0.5) is 10.1 Å². The Morgan fingerprint density at radius 3 is 2.84 bits per heavy atom. The highest BCUT2D eigenvalue weighted by Gasteiger charge is 2.15. The Morgan fingerprint density at radius 2 is 2.21 bits per heavy atom. The van der Waals surface area contributed by atoms with Crippen LogP contribution in [-0.4, -0.2) is 25.2 Å². The molecule has 19 heavy (non-hydrogen) atoms. The van der Waals surface area contributed by atoms with Crippen LogP contribution in [0.3, 0.4) is 0 Å². The van der Waals surface area contributed by atoms with Crippen LogP contribution in [0.5, 0.6) is 5.75 Å². The van der Waals surface area contributed by atoms with Crippen molar-refractivity contribution in [3.8, 4) is 5.75 Å². The number of nitrogens with one attached hydrogen (secondary N) is 1. The van der Waals surface area contributed by atoms with Gasteiger partial charge in [0.25, 0.3) is 0 Å². The van der Waals surface area contributed by atoms with E-state index in [1.807, 2.05) is 13.8 Å². The van der Waals surface area contributed by atoms with E-state index >= 15 is 0 Å². The molecule has 0 unspecified atom stereocenters. The summed E-state index contributed by atoms with van der Waals surface area (Å²) in [5.74, 6) is 0.657. The van der Waals surface area contributed by atoms with E-state index in [0.29, 0.717) is 23.8 Å². The van der Waals surface area contributed by atoms with Gasteiger partial charge in [-0.25, -0.2) is 4.39 Å². The van der Waals surface area contributed by atoms with Crippen LogP contribution in [0.15, 0.2) is 24.3 Å². The summed E-state index contributed by atoms with van der Waals surface area (Å²) in [6.07, 6.45) is 0.629. The Bertz CT molecular complexity index is 410. The van der Waals surface area contributed by atoms with Crippen LogP contribution in [0.1, 0.15) is 20.3 Å². The summed E-state index contributed by atoms with van der Waals surface area (Å²) in [4.78, 5) is 11.8. The summed E-state index contributed by atoms with van der Waals surface area (Å²) in [6.45, 7) is 3.48. The maximum Gasteiger partial charge on any atom is 0.241 e. The monoisotopic (exact) mass is 268 g/mol. The third kappa shape index (κ3) is 5.70. The molecule has 0 bridgehead atoms. The number of halogens is 1. The van der Waals surface area contributed by atoms with Gasteiger partial charge in [-0.05, 0) is 24.5 Å². The van der Waals surface area contributed by atoms with E-state index in [1.54, 1.807) is 24.3 Å². The van der Waals surface area contributed by atoms with Gasteiger partial charge in [-0.2, -0.15) is 0 Å². The lowest BCUT2D eigenvalue weighted by Gasteiger charge is -2.14. The summed E-state index contributed by atoms with van der Waals surface area (Å²) >= 11 is 0. The Hall–Kier alpha value is -1.62. The van der Waals surface area contributed by atoms with Crippen molar-refractivity contribution in [1.82, 2.24) is 0 Å². The van der Waals surface area contributed by atoms with Crippen LogP contribution in [0.2, 0.25) is 0 Å². The highest BCUT2D eigenvalue weighted by Crippen LogP contribution is 2.17. The zero-order chi connectivity index (χ0) is 14.3. The minimum absolute atomic E-state index is 0.00423. The van der Waals surface area contributed by atoms with Gasteiger partial charge in [-0.15, -0.1) is 0 Å². The fraction of sp³-hybridized carbons (Fsp3) is 0.500. The molecule has 106 valence electrons. The second-order valence-electron chi connectivity index (χ2n) is 4.79. The quantitative estimate of drug-likeness (QED) is 0.797. The molecule has 0 radical (unpaired) electrons. The highest BCUT2D eigenvalue weighted by molar-refractivity contribution is 5.94. The first-order valence-corrected chi connectivity index (χ1v) is 6.38. The number of carbonyl (C=O) groups is 1. The Morgan fingerprint density at radius 1 is 1.47 bits per heavy atom. The molecule has 1 aromatic carbocycles. The second kappa shape index (κ2) is 7.74. The third-order valence-corrected chi connectivity index (χ3v) is 2.51. The average Bonchev–Trinajstić information content (AvgIpc) is 2.36. The van der Waals surface area contributed by atoms with E-state index in [9.17, 15) is 9.18 Å². The Balaban J connectivity index is 2.58. The zero-order valence-corrected chi connectivity index (χ0v) is 11.4. The van der Waals surface area contributed by atoms with E-state index in [0.717, 1.165) is 0 Å². The topological polar surface area (TPSA) is 64.4 Å². The Kier molecular flexibility index (Phi) is 6.29. The van der Waals surface area contributed by atoms with Gasteiger partial charge in [-0.3, -0.25) is 4.79 Å². The lowest BCUT2D eigenvalue weighted by Crippen LogP contribution is -2.36. The molecule has 1 amide bonds. The molecule has 1 atom stereocenters.